The third-order valence-corrected chi connectivity index (χ3v) is 3.80. The predicted octanol–water partition coefficient (Wildman–Crippen LogP) is 1.66. The zero-order valence-electron chi connectivity index (χ0n) is 11.2. The Hall–Kier alpha value is -2.17. The molecule has 0 spiro atoms. The Kier molecular flexibility index (Phi) is 2.62. The van der Waals surface area contributed by atoms with E-state index in [0.717, 1.165) is 42.2 Å². The zero-order valence-corrected chi connectivity index (χ0v) is 11.2. The molecule has 5 nitrogen and oxygen atoms in total. The Morgan fingerprint density at radius 1 is 1.37 bits per heavy atom. The number of fused-ring (bicyclic) bond motifs is 1. The predicted molar refractivity (Wildman–Crippen MR) is 73.9 cm³/mol. The summed E-state index contributed by atoms with van der Waals surface area (Å²) in [6.07, 6.45) is 4.92. The highest BCUT2D eigenvalue weighted by Crippen LogP contribution is 2.25. The first-order chi connectivity index (χ1) is 9.08. The third kappa shape index (κ3) is 1.82. The molecule has 0 saturated heterocycles. The van der Waals surface area contributed by atoms with Crippen molar-refractivity contribution in [3.63, 3.8) is 0 Å². The van der Waals surface area contributed by atoms with Gasteiger partial charge in [-0.25, -0.2) is 9.97 Å². The fourth-order valence-corrected chi connectivity index (χ4v) is 2.56. The summed E-state index contributed by atoms with van der Waals surface area (Å²) in [7, 11) is 0. The van der Waals surface area contributed by atoms with Crippen molar-refractivity contribution in [3.8, 4) is 5.82 Å². The third-order valence-electron chi connectivity index (χ3n) is 3.80. The first kappa shape index (κ1) is 11.9. The lowest BCUT2D eigenvalue weighted by Crippen LogP contribution is -2.17. The summed E-state index contributed by atoms with van der Waals surface area (Å²) in [6.45, 7) is 3.97. The molecule has 0 amide bonds. The molecule has 0 atom stereocenters. The van der Waals surface area contributed by atoms with E-state index in [1.807, 2.05) is 24.5 Å². The fourth-order valence-electron chi connectivity index (χ4n) is 2.56. The van der Waals surface area contributed by atoms with Gasteiger partial charge in [0.05, 0.1) is 11.3 Å². The standard InChI is InChI=1S/C14H17N5/c1-8-9(2)19(7-17-8)14-11(13(15)16)6-10-4-3-5-12(10)18-14/h6-7H,3-5H2,1-2H3,(H3,15,16). The maximum Gasteiger partial charge on any atom is 0.149 e. The number of nitrogens with zero attached hydrogens (tertiary/aromatic N) is 3. The van der Waals surface area contributed by atoms with Crippen LogP contribution in [0.5, 0.6) is 0 Å². The summed E-state index contributed by atoms with van der Waals surface area (Å²) in [5, 5.41) is 7.77. The minimum absolute atomic E-state index is 0.0583. The van der Waals surface area contributed by atoms with Gasteiger partial charge in [0.2, 0.25) is 0 Å². The second-order valence-corrected chi connectivity index (χ2v) is 5.02. The van der Waals surface area contributed by atoms with Gasteiger partial charge in [-0.2, -0.15) is 0 Å². The minimum Gasteiger partial charge on any atom is -0.384 e. The first-order valence-corrected chi connectivity index (χ1v) is 6.46. The Bertz CT molecular complexity index is 669. The van der Waals surface area contributed by atoms with Crippen LogP contribution in [0.25, 0.3) is 5.82 Å². The van der Waals surface area contributed by atoms with Crippen molar-refractivity contribution in [2.45, 2.75) is 33.1 Å². The number of aryl methyl sites for hydroxylation is 3. The molecule has 0 saturated carbocycles. The SMILES string of the molecule is Cc1ncn(-c2nc3c(cc2C(=N)N)CCC3)c1C. The topological polar surface area (TPSA) is 80.6 Å². The molecule has 3 N–H and O–H groups in total. The molecule has 5 heteroatoms. The van der Waals surface area contributed by atoms with E-state index in [9.17, 15) is 0 Å². The molecule has 0 bridgehead atoms. The lowest BCUT2D eigenvalue weighted by molar-refractivity contribution is 0.884. The maximum atomic E-state index is 7.77. The van der Waals surface area contributed by atoms with E-state index >= 15 is 0 Å². The van der Waals surface area contributed by atoms with Gasteiger partial charge in [-0.3, -0.25) is 9.98 Å². The van der Waals surface area contributed by atoms with Gasteiger partial charge in [0, 0.05) is 11.4 Å². The second kappa shape index (κ2) is 4.19. The largest absolute Gasteiger partial charge is 0.384 e. The number of nitrogens with one attached hydrogen (secondary N) is 1. The maximum absolute atomic E-state index is 7.77. The number of amidine groups is 1. The Morgan fingerprint density at radius 2 is 2.16 bits per heavy atom. The van der Waals surface area contributed by atoms with Crippen molar-refractivity contribution in [2.24, 2.45) is 5.73 Å². The van der Waals surface area contributed by atoms with E-state index < -0.39 is 0 Å². The van der Waals surface area contributed by atoms with E-state index in [2.05, 4.69) is 4.98 Å². The fraction of sp³-hybridized carbons (Fsp3) is 0.357. The van der Waals surface area contributed by atoms with E-state index in [1.165, 1.54) is 5.56 Å². The Balaban J connectivity index is 2.25. The number of hydrogen-bond donors (Lipinski definition) is 2. The van der Waals surface area contributed by atoms with Crippen LogP contribution in [0.1, 0.15) is 34.6 Å². The van der Waals surface area contributed by atoms with Crippen LogP contribution in [0.4, 0.5) is 0 Å². The number of nitrogens with two attached hydrogens (primary N) is 1. The molecule has 3 rings (SSSR count). The van der Waals surface area contributed by atoms with Crippen LogP contribution in [-0.2, 0) is 12.8 Å². The monoisotopic (exact) mass is 255 g/mol. The van der Waals surface area contributed by atoms with Gasteiger partial charge in [-0.1, -0.05) is 0 Å². The molecule has 1 aliphatic carbocycles. The van der Waals surface area contributed by atoms with Crippen LogP contribution in [0.15, 0.2) is 12.4 Å². The van der Waals surface area contributed by atoms with E-state index in [0.29, 0.717) is 5.56 Å². The van der Waals surface area contributed by atoms with Crippen LogP contribution in [0, 0.1) is 19.3 Å². The average molecular weight is 255 g/mol. The number of hydrogen-bond acceptors (Lipinski definition) is 3. The van der Waals surface area contributed by atoms with Crippen molar-refractivity contribution in [2.75, 3.05) is 0 Å². The van der Waals surface area contributed by atoms with Crippen LogP contribution in [-0.4, -0.2) is 20.4 Å². The van der Waals surface area contributed by atoms with Crippen molar-refractivity contribution in [1.29, 1.82) is 5.41 Å². The number of imidazole rings is 1. The highest BCUT2D eigenvalue weighted by atomic mass is 15.1. The number of nitrogen functional groups attached to an aromatic ring is 1. The van der Waals surface area contributed by atoms with Crippen molar-refractivity contribution in [1.82, 2.24) is 14.5 Å². The highest BCUT2D eigenvalue weighted by Gasteiger charge is 2.19. The van der Waals surface area contributed by atoms with Gasteiger partial charge in [0.1, 0.15) is 18.0 Å². The molecular formula is C14H17N5. The Labute approximate surface area is 112 Å². The molecule has 2 aromatic heterocycles. The summed E-state index contributed by atoms with van der Waals surface area (Å²) < 4.78 is 1.92. The van der Waals surface area contributed by atoms with Crippen LogP contribution < -0.4 is 5.73 Å². The molecule has 0 radical (unpaired) electrons. The second-order valence-electron chi connectivity index (χ2n) is 5.02. The van der Waals surface area contributed by atoms with E-state index in [-0.39, 0.29) is 5.84 Å². The molecule has 19 heavy (non-hydrogen) atoms. The lowest BCUT2D eigenvalue weighted by atomic mass is 10.1. The number of pyridine rings is 1. The van der Waals surface area contributed by atoms with E-state index in [1.54, 1.807) is 6.33 Å². The number of aromatic nitrogens is 3. The van der Waals surface area contributed by atoms with Crippen LogP contribution in [0.3, 0.4) is 0 Å². The first-order valence-electron chi connectivity index (χ1n) is 6.46. The summed E-state index contributed by atoms with van der Waals surface area (Å²) in [6, 6.07) is 2.02. The van der Waals surface area contributed by atoms with Crippen molar-refractivity contribution in [3.05, 3.63) is 40.6 Å². The molecule has 2 aromatic rings. The Morgan fingerprint density at radius 3 is 2.79 bits per heavy atom. The summed E-state index contributed by atoms with van der Waals surface area (Å²) >= 11 is 0. The van der Waals surface area contributed by atoms with Crippen LogP contribution >= 0.6 is 0 Å². The zero-order chi connectivity index (χ0) is 13.6. The quantitative estimate of drug-likeness (QED) is 0.632. The van der Waals surface area contributed by atoms with Crippen molar-refractivity contribution < 1.29 is 0 Å². The van der Waals surface area contributed by atoms with Gasteiger partial charge < -0.3 is 5.73 Å². The van der Waals surface area contributed by atoms with Gasteiger partial charge in [-0.05, 0) is 44.7 Å². The van der Waals surface area contributed by atoms with E-state index in [4.69, 9.17) is 16.1 Å². The minimum atomic E-state index is 0.0583. The smallest absolute Gasteiger partial charge is 0.149 e. The van der Waals surface area contributed by atoms with Gasteiger partial charge in [-0.15, -0.1) is 0 Å². The van der Waals surface area contributed by atoms with Gasteiger partial charge in [0.25, 0.3) is 0 Å². The molecule has 0 aromatic carbocycles. The molecule has 1 aliphatic rings. The molecule has 0 aliphatic heterocycles. The molecule has 98 valence electrons. The number of rotatable bonds is 2. The highest BCUT2D eigenvalue weighted by molar-refractivity contribution is 5.98. The summed E-state index contributed by atoms with van der Waals surface area (Å²) in [5.74, 6) is 0.786. The summed E-state index contributed by atoms with van der Waals surface area (Å²) in [4.78, 5) is 9.02. The summed E-state index contributed by atoms with van der Waals surface area (Å²) in [5.41, 5.74) is 10.8. The van der Waals surface area contributed by atoms with Gasteiger partial charge in [0.15, 0.2) is 0 Å². The van der Waals surface area contributed by atoms with Crippen molar-refractivity contribution >= 4 is 5.84 Å². The molecule has 0 fully saturated rings. The normalized spacial score (nSPS) is 13.6. The van der Waals surface area contributed by atoms with Gasteiger partial charge >= 0.3 is 0 Å². The lowest BCUT2D eigenvalue weighted by Gasteiger charge is -2.12. The van der Waals surface area contributed by atoms with Crippen LogP contribution in [0.2, 0.25) is 0 Å². The molecule has 0 unspecified atom stereocenters. The molecular weight excluding hydrogens is 238 g/mol. The molecule has 2 heterocycles. The average Bonchev–Trinajstić information content (AvgIpc) is 2.95.